The molecule has 6 rings (SSSR count). The minimum atomic E-state index is -0.410. The first-order chi connectivity index (χ1) is 15.7. The van der Waals surface area contributed by atoms with Crippen LogP contribution in [0.4, 0.5) is 11.5 Å². The van der Waals surface area contributed by atoms with Crippen LogP contribution in [0, 0.1) is 0 Å². The lowest BCUT2D eigenvalue weighted by atomic mass is 9.93. The first kappa shape index (κ1) is 19.2. The van der Waals surface area contributed by atoms with E-state index in [2.05, 4.69) is 20.6 Å². The van der Waals surface area contributed by atoms with Gasteiger partial charge in [0.25, 0.3) is 5.91 Å². The lowest BCUT2D eigenvalue weighted by Crippen LogP contribution is -2.55. The van der Waals surface area contributed by atoms with Crippen molar-refractivity contribution in [2.24, 2.45) is 4.99 Å². The highest BCUT2D eigenvalue weighted by Gasteiger charge is 2.47. The van der Waals surface area contributed by atoms with Crippen molar-refractivity contribution < 1.29 is 4.79 Å². The topological polar surface area (TPSA) is 82.5 Å². The number of nitrogens with zero attached hydrogens (tertiary/aromatic N) is 4. The maximum Gasteiger partial charge on any atom is 0.253 e. The van der Waals surface area contributed by atoms with Gasteiger partial charge in [0, 0.05) is 29.9 Å². The van der Waals surface area contributed by atoms with Crippen molar-refractivity contribution in [2.45, 2.75) is 43.7 Å². The van der Waals surface area contributed by atoms with Crippen LogP contribution in [0.15, 0.2) is 59.9 Å². The molecule has 1 atom stereocenters. The monoisotopic (exact) mass is 426 g/mol. The largest absolute Gasteiger partial charge is 0.368 e. The van der Waals surface area contributed by atoms with Gasteiger partial charge in [0.1, 0.15) is 11.4 Å². The number of carbonyl (C=O) groups is 1. The predicted molar refractivity (Wildman–Crippen MR) is 126 cm³/mol. The smallest absolute Gasteiger partial charge is 0.253 e. The van der Waals surface area contributed by atoms with Gasteiger partial charge in [0.05, 0.1) is 23.8 Å². The number of hydrogen-bond donors (Lipinski definition) is 2. The second-order valence-corrected chi connectivity index (χ2v) is 9.04. The zero-order valence-corrected chi connectivity index (χ0v) is 17.9. The summed E-state index contributed by atoms with van der Waals surface area (Å²) in [7, 11) is 0. The van der Waals surface area contributed by atoms with Gasteiger partial charge in [-0.3, -0.25) is 14.8 Å². The molecule has 2 aliphatic heterocycles. The molecular formula is C25H26N6O. The number of amides is 1. The van der Waals surface area contributed by atoms with Crippen LogP contribution in [0.25, 0.3) is 10.9 Å². The van der Waals surface area contributed by atoms with Crippen LogP contribution < -0.4 is 10.6 Å². The van der Waals surface area contributed by atoms with E-state index in [1.807, 2.05) is 47.4 Å². The van der Waals surface area contributed by atoms with Crippen molar-refractivity contribution in [2.75, 3.05) is 23.7 Å². The fraction of sp³-hybridized carbons (Fsp3) is 0.360. The standard InChI is InChI=1S/C25H26N6O/c32-23(18-9-10-20-17(15-18)5-3-12-26-20)31-14-11-25(16-31)24(28-19-6-1-2-7-19)29-22-21(30-25)8-4-13-27-22/h3-5,8-10,12-13,15,19,30H,1-2,6-7,11,14,16H2,(H,27,28,29). The van der Waals surface area contributed by atoms with E-state index in [1.165, 1.54) is 12.8 Å². The van der Waals surface area contributed by atoms with Gasteiger partial charge >= 0.3 is 0 Å². The van der Waals surface area contributed by atoms with Crippen molar-refractivity contribution in [3.8, 4) is 0 Å². The number of carbonyl (C=O) groups excluding carboxylic acids is 1. The maximum absolute atomic E-state index is 13.4. The van der Waals surface area contributed by atoms with Crippen LogP contribution in [0.2, 0.25) is 0 Å². The zero-order valence-electron chi connectivity index (χ0n) is 17.9. The maximum atomic E-state index is 13.4. The van der Waals surface area contributed by atoms with Gasteiger partial charge in [-0.15, -0.1) is 0 Å². The molecule has 2 aromatic heterocycles. The fourth-order valence-corrected chi connectivity index (χ4v) is 5.20. The number of nitrogens with one attached hydrogen (secondary N) is 2. The molecule has 2 fully saturated rings. The van der Waals surface area contributed by atoms with E-state index in [0.717, 1.165) is 47.5 Å². The number of aliphatic imine (C=N–C) groups is 1. The summed E-state index contributed by atoms with van der Waals surface area (Å²) in [4.78, 5) is 29.3. The lowest BCUT2D eigenvalue weighted by molar-refractivity contribution is 0.0789. The van der Waals surface area contributed by atoms with Gasteiger partial charge in [-0.2, -0.15) is 0 Å². The van der Waals surface area contributed by atoms with E-state index in [9.17, 15) is 4.79 Å². The average Bonchev–Trinajstić information content (AvgIpc) is 3.49. The van der Waals surface area contributed by atoms with Crippen molar-refractivity contribution in [1.82, 2.24) is 14.9 Å². The van der Waals surface area contributed by atoms with Crippen molar-refractivity contribution in [1.29, 1.82) is 0 Å². The number of likely N-dealkylation sites (tertiary alicyclic amines) is 1. The molecule has 1 aliphatic carbocycles. The molecule has 0 radical (unpaired) electrons. The SMILES string of the molecule is O=C(c1ccc2ncccc2c1)N1CCC2(C1)Nc1cccnc1NC2=NC1CCCC1. The molecule has 1 amide bonds. The highest BCUT2D eigenvalue weighted by atomic mass is 16.2. The van der Waals surface area contributed by atoms with Gasteiger partial charge in [0.15, 0.2) is 5.82 Å². The Kier molecular flexibility index (Phi) is 4.56. The molecular weight excluding hydrogens is 400 g/mol. The van der Waals surface area contributed by atoms with E-state index in [4.69, 9.17) is 4.99 Å². The molecule has 7 nitrogen and oxygen atoms in total. The predicted octanol–water partition coefficient (Wildman–Crippen LogP) is 4.09. The van der Waals surface area contributed by atoms with Crippen LogP contribution in [-0.4, -0.2) is 51.3 Å². The van der Waals surface area contributed by atoms with Gasteiger partial charge in [-0.05, 0) is 55.7 Å². The minimum Gasteiger partial charge on any atom is -0.368 e. The summed E-state index contributed by atoms with van der Waals surface area (Å²) in [5.74, 6) is 1.78. The Hall–Kier alpha value is -3.48. The molecule has 32 heavy (non-hydrogen) atoms. The Labute approximate surface area is 187 Å². The Morgan fingerprint density at radius 3 is 2.84 bits per heavy atom. The number of hydrogen-bond acceptors (Lipinski definition) is 5. The van der Waals surface area contributed by atoms with Gasteiger partial charge in [-0.25, -0.2) is 4.98 Å². The minimum absolute atomic E-state index is 0.0478. The first-order valence-electron chi connectivity index (χ1n) is 11.4. The van der Waals surface area contributed by atoms with Crippen LogP contribution in [0.5, 0.6) is 0 Å². The number of anilines is 2. The number of benzene rings is 1. The fourth-order valence-electron chi connectivity index (χ4n) is 5.20. The molecule has 1 aromatic carbocycles. The van der Waals surface area contributed by atoms with Crippen molar-refractivity contribution in [3.63, 3.8) is 0 Å². The lowest BCUT2D eigenvalue weighted by Gasteiger charge is -2.38. The van der Waals surface area contributed by atoms with Crippen LogP contribution in [-0.2, 0) is 0 Å². The Morgan fingerprint density at radius 2 is 1.94 bits per heavy atom. The van der Waals surface area contributed by atoms with Gasteiger partial charge < -0.3 is 15.5 Å². The Morgan fingerprint density at radius 1 is 1.09 bits per heavy atom. The third-order valence-electron chi connectivity index (χ3n) is 6.91. The number of rotatable bonds is 2. The number of amidine groups is 1. The van der Waals surface area contributed by atoms with Gasteiger partial charge in [0.2, 0.25) is 0 Å². The second-order valence-electron chi connectivity index (χ2n) is 9.04. The summed E-state index contributed by atoms with van der Waals surface area (Å²) >= 11 is 0. The molecule has 3 aromatic rings. The molecule has 4 heterocycles. The third-order valence-corrected chi connectivity index (χ3v) is 6.91. The number of aromatic nitrogens is 2. The van der Waals surface area contributed by atoms with E-state index in [1.54, 1.807) is 12.4 Å². The molecule has 1 saturated heterocycles. The highest BCUT2D eigenvalue weighted by molar-refractivity contribution is 6.10. The Bertz CT molecular complexity index is 1220. The summed E-state index contributed by atoms with van der Waals surface area (Å²) < 4.78 is 0. The quantitative estimate of drug-likeness (QED) is 0.645. The molecule has 162 valence electrons. The first-order valence-corrected chi connectivity index (χ1v) is 11.4. The van der Waals surface area contributed by atoms with Crippen LogP contribution in [0.3, 0.4) is 0 Å². The van der Waals surface area contributed by atoms with E-state index >= 15 is 0 Å². The van der Waals surface area contributed by atoms with Crippen LogP contribution >= 0.6 is 0 Å². The summed E-state index contributed by atoms with van der Waals surface area (Å²) in [6.07, 6.45) is 9.09. The molecule has 1 saturated carbocycles. The van der Waals surface area contributed by atoms with Gasteiger partial charge in [-0.1, -0.05) is 18.9 Å². The zero-order chi connectivity index (χ0) is 21.5. The highest BCUT2D eigenvalue weighted by Crippen LogP contribution is 2.37. The van der Waals surface area contributed by atoms with Crippen LogP contribution in [0.1, 0.15) is 42.5 Å². The third kappa shape index (κ3) is 3.28. The second kappa shape index (κ2) is 7.58. The summed E-state index contributed by atoms with van der Waals surface area (Å²) in [5, 5.41) is 8.19. The number of fused-ring (bicyclic) bond motifs is 2. The molecule has 3 aliphatic rings. The summed E-state index contributed by atoms with van der Waals surface area (Å²) in [5.41, 5.74) is 2.15. The molecule has 1 spiro atoms. The van der Waals surface area contributed by atoms with E-state index in [-0.39, 0.29) is 5.91 Å². The van der Waals surface area contributed by atoms with Crippen molar-refractivity contribution in [3.05, 3.63) is 60.4 Å². The molecule has 2 N–H and O–H groups in total. The summed E-state index contributed by atoms with van der Waals surface area (Å²) in [6, 6.07) is 13.9. The Balaban J connectivity index is 1.31. The van der Waals surface area contributed by atoms with E-state index < -0.39 is 5.54 Å². The number of pyridine rings is 2. The summed E-state index contributed by atoms with van der Waals surface area (Å²) in [6.45, 7) is 1.25. The van der Waals surface area contributed by atoms with E-state index in [0.29, 0.717) is 24.7 Å². The van der Waals surface area contributed by atoms with Crippen molar-refractivity contribution >= 4 is 34.2 Å². The molecule has 0 bridgehead atoms. The average molecular weight is 427 g/mol. The molecule has 7 heteroatoms. The normalized spacial score (nSPS) is 24.0. The molecule has 1 unspecified atom stereocenters.